The minimum Gasteiger partial charge on any atom is -0.274 e. The molecule has 1 aromatic carbocycles. The lowest BCUT2D eigenvalue weighted by Crippen LogP contribution is -2.02. The van der Waals surface area contributed by atoms with Crippen LogP contribution in [0.15, 0.2) is 12.1 Å². The van der Waals surface area contributed by atoms with Gasteiger partial charge < -0.3 is 0 Å². The molecule has 0 aliphatic heterocycles. The minimum absolute atomic E-state index is 0.418. The second kappa shape index (κ2) is 4.97. The molecular weight excluding hydrogens is 193 g/mol. The topological polar surface area (TPSA) is 52.0 Å². The predicted molar refractivity (Wildman–Crippen MR) is 39.7 cm³/mol. The Morgan fingerprint density at radius 2 is 1.50 bits per heavy atom. The van der Waals surface area contributed by atoms with Crippen LogP contribution in [0, 0.1) is 17.5 Å². The van der Waals surface area contributed by atoms with Crippen LogP contribution in [0.1, 0.15) is 0 Å². The molecule has 0 unspecified atom stereocenters. The maximum atomic E-state index is 12.2. The molecule has 0 aliphatic carbocycles. The first kappa shape index (κ1) is 11.2. The van der Waals surface area contributed by atoms with Gasteiger partial charge in [-0.05, 0) is 12.1 Å². The molecule has 1 aromatic rings. The van der Waals surface area contributed by atoms with E-state index in [4.69, 9.17) is 11.6 Å². The first-order valence-electron chi connectivity index (χ1n) is 2.75. The molecule has 0 spiro atoms. The second-order valence-electron chi connectivity index (χ2n) is 1.66. The molecular formula is C6H6ClF3N2. The molecule has 0 atom stereocenters. The van der Waals surface area contributed by atoms with Gasteiger partial charge >= 0.3 is 0 Å². The molecule has 0 radical (unpaired) electrons. The Hall–Kier alpha value is -0.780. The van der Waals surface area contributed by atoms with Crippen molar-refractivity contribution in [3.8, 4) is 0 Å². The lowest BCUT2D eigenvalue weighted by Gasteiger charge is -1.94. The van der Waals surface area contributed by atoms with Gasteiger partial charge in [0.2, 0.25) is 0 Å². The fraction of sp³-hybridized carbons (Fsp3) is 0. The van der Waals surface area contributed by atoms with Gasteiger partial charge in [0.05, 0.1) is 5.02 Å². The van der Waals surface area contributed by atoms with Crippen molar-refractivity contribution >= 4 is 11.6 Å². The number of halogens is 4. The van der Waals surface area contributed by atoms with E-state index < -0.39 is 22.5 Å². The zero-order valence-electron chi connectivity index (χ0n) is 5.82. The van der Waals surface area contributed by atoms with Gasteiger partial charge in [-0.25, -0.2) is 13.2 Å². The van der Waals surface area contributed by atoms with Gasteiger partial charge in [-0.15, -0.1) is 0 Å². The van der Waals surface area contributed by atoms with Crippen LogP contribution >= 0.6 is 11.6 Å². The van der Waals surface area contributed by atoms with E-state index in [0.29, 0.717) is 0 Å². The summed E-state index contributed by atoms with van der Waals surface area (Å²) in [5.74, 6) is 3.89. The summed E-state index contributed by atoms with van der Waals surface area (Å²) in [7, 11) is 0. The van der Waals surface area contributed by atoms with Crippen molar-refractivity contribution in [1.29, 1.82) is 0 Å². The maximum absolute atomic E-state index is 12.2. The van der Waals surface area contributed by atoms with Gasteiger partial charge in [0.1, 0.15) is 0 Å². The summed E-state index contributed by atoms with van der Waals surface area (Å²) < 4.78 is 36.5. The number of benzene rings is 1. The molecule has 0 saturated heterocycles. The average Bonchev–Trinajstić information content (AvgIpc) is 2.12. The van der Waals surface area contributed by atoms with E-state index in [0.717, 1.165) is 12.1 Å². The van der Waals surface area contributed by atoms with Crippen LogP contribution in [0.5, 0.6) is 0 Å². The van der Waals surface area contributed by atoms with Gasteiger partial charge in [-0.1, -0.05) is 11.6 Å². The molecule has 0 amide bonds. The summed E-state index contributed by atoms with van der Waals surface area (Å²) in [5.41, 5.74) is 0. The average molecular weight is 199 g/mol. The van der Waals surface area contributed by atoms with Crippen LogP contribution in [-0.4, -0.2) is 0 Å². The molecule has 0 aliphatic rings. The van der Waals surface area contributed by atoms with Crippen molar-refractivity contribution in [2.75, 3.05) is 0 Å². The van der Waals surface area contributed by atoms with Crippen LogP contribution in [0.2, 0.25) is 5.02 Å². The first-order valence-corrected chi connectivity index (χ1v) is 3.13. The van der Waals surface area contributed by atoms with E-state index in [1.807, 2.05) is 0 Å². The molecule has 12 heavy (non-hydrogen) atoms. The first-order chi connectivity index (χ1) is 5.63. The van der Waals surface area contributed by atoms with Crippen molar-refractivity contribution in [2.45, 2.75) is 0 Å². The molecule has 2 nitrogen and oxygen atoms in total. The van der Waals surface area contributed by atoms with Gasteiger partial charge in [0, 0.05) is 0 Å². The Bertz CT molecular complexity index is 240. The van der Waals surface area contributed by atoms with E-state index in [2.05, 4.69) is 11.7 Å². The Kier molecular flexibility index (Phi) is 4.65. The highest BCUT2D eigenvalue weighted by Crippen LogP contribution is 2.18. The number of rotatable bonds is 0. The SMILES string of the molecule is Fc1ccc(Cl)c(F)c1F.NN. The Morgan fingerprint density at radius 1 is 1.00 bits per heavy atom. The molecule has 6 heteroatoms. The van der Waals surface area contributed by atoms with E-state index >= 15 is 0 Å². The lowest BCUT2D eigenvalue weighted by molar-refractivity contribution is 0.447. The quantitative estimate of drug-likeness (QED) is 0.288. The van der Waals surface area contributed by atoms with Crippen molar-refractivity contribution in [1.82, 2.24) is 0 Å². The molecule has 0 bridgehead atoms. The molecule has 0 aromatic heterocycles. The fourth-order valence-corrected chi connectivity index (χ4v) is 0.648. The Morgan fingerprint density at radius 3 is 1.92 bits per heavy atom. The number of hydrogen-bond donors (Lipinski definition) is 2. The van der Waals surface area contributed by atoms with E-state index in [-0.39, 0.29) is 0 Å². The Balaban J connectivity index is 0.000000561. The summed E-state index contributed by atoms with van der Waals surface area (Å²) in [6.45, 7) is 0. The standard InChI is InChI=1S/C6H2ClF3.H4N2/c7-3-1-2-4(8)6(10)5(3)9;1-2/h1-2H;1-2H2. The third kappa shape index (κ3) is 2.37. The van der Waals surface area contributed by atoms with Crippen molar-refractivity contribution in [3.05, 3.63) is 34.6 Å². The normalized spacial score (nSPS) is 8.83. The van der Waals surface area contributed by atoms with E-state index in [9.17, 15) is 13.2 Å². The zero-order valence-corrected chi connectivity index (χ0v) is 6.58. The van der Waals surface area contributed by atoms with Crippen LogP contribution in [0.4, 0.5) is 13.2 Å². The van der Waals surface area contributed by atoms with Gasteiger partial charge in [0.25, 0.3) is 0 Å². The second-order valence-corrected chi connectivity index (χ2v) is 2.06. The maximum Gasteiger partial charge on any atom is 0.195 e. The van der Waals surface area contributed by atoms with E-state index in [1.54, 1.807) is 0 Å². The van der Waals surface area contributed by atoms with Crippen LogP contribution in [0.25, 0.3) is 0 Å². The summed E-state index contributed by atoms with van der Waals surface area (Å²) in [6, 6.07) is 1.72. The minimum atomic E-state index is -1.53. The molecule has 0 fully saturated rings. The molecule has 0 heterocycles. The number of hydrazine groups is 1. The van der Waals surface area contributed by atoms with Crippen LogP contribution in [-0.2, 0) is 0 Å². The summed E-state index contributed by atoms with van der Waals surface area (Å²) in [5, 5.41) is -0.418. The highest BCUT2D eigenvalue weighted by Gasteiger charge is 2.10. The van der Waals surface area contributed by atoms with Crippen molar-refractivity contribution in [3.63, 3.8) is 0 Å². The van der Waals surface area contributed by atoms with Crippen LogP contribution < -0.4 is 11.7 Å². The molecule has 68 valence electrons. The predicted octanol–water partition coefficient (Wildman–Crippen LogP) is 1.58. The van der Waals surface area contributed by atoms with E-state index in [1.165, 1.54) is 0 Å². The lowest BCUT2D eigenvalue weighted by atomic mass is 10.3. The summed E-state index contributed by atoms with van der Waals surface area (Å²) in [4.78, 5) is 0. The van der Waals surface area contributed by atoms with Gasteiger partial charge in [-0.3, -0.25) is 11.7 Å². The largest absolute Gasteiger partial charge is 0.274 e. The third-order valence-corrected chi connectivity index (χ3v) is 1.28. The zero-order chi connectivity index (χ0) is 9.72. The molecule has 0 saturated carbocycles. The number of hydrogen-bond acceptors (Lipinski definition) is 2. The highest BCUT2D eigenvalue weighted by atomic mass is 35.5. The fourth-order valence-electron chi connectivity index (χ4n) is 0.502. The summed E-state index contributed by atoms with van der Waals surface area (Å²) in [6.07, 6.45) is 0. The highest BCUT2D eigenvalue weighted by molar-refractivity contribution is 6.30. The van der Waals surface area contributed by atoms with Gasteiger partial charge in [-0.2, -0.15) is 0 Å². The van der Waals surface area contributed by atoms with Crippen molar-refractivity contribution < 1.29 is 13.2 Å². The smallest absolute Gasteiger partial charge is 0.195 e. The third-order valence-electron chi connectivity index (χ3n) is 0.988. The molecule has 4 N–H and O–H groups in total. The van der Waals surface area contributed by atoms with Crippen LogP contribution in [0.3, 0.4) is 0 Å². The Labute approximate surface area is 71.9 Å². The van der Waals surface area contributed by atoms with Gasteiger partial charge in [0.15, 0.2) is 17.5 Å². The van der Waals surface area contributed by atoms with Crippen molar-refractivity contribution in [2.24, 2.45) is 11.7 Å². The number of nitrogens with two attached hydrogens (primary N) is 2. The monoisotopic (exact) mass is 198 g/mol. The summed E-state index contributed by atoms with van der Waals surface area (Å²) >= 11 is 5.10. The molecule has 1 rings (SSSR count).